The van der Waals surface area contributed by atoms with E-state index in [9.17, 15) is 4.79 Å². The molecule has 3 aromatic rings. The number of nitrogens with zero attached hydrogens (tertiary/aromatic N) is 6. The van der Waals surface area contributed by atoms with Crippen LogP contribution in [-0.4, -0.2) is 43.7 Å². The number of likely N-dealkylation sites (tertiary alicyclic amines) is 1. The first-order valence-electron chi connectivity index (χ1n) is 10.9. The molecule has 0 spiro atoms. The van der Waals surface area contributed by atoms with Crippen molar-refractivity contribution in [3.63, 3.8) is 0 Å². The Kier molecular flexibility index (Phi) is 4.11. The van der Waals surface area contributed by atoms with Crippen LogP contribution in [-0.2, 0) is 6.54 Å². The Morgan fingerprint density at radius 3 is 2.60 bits per heavy atom. The Morgan fingerprint density at radius 1 is 1.03 bits per heavy atom. The van der Waals surface area contributed by atoms with E-state index in [0.717, 1.165) is 55.8 Å². The molecule has 2 aromatic heterocycles. The summed E-state index contributed by atoms with van der Waals surface area (Å²) in [6.45, 7) is 2.08. The Labute approximate surface area is 174 Å². The van der Waals surface area contributed by atoms with Gasteiger partial charge in [0.15, 0.2) is 0 Å². The fraction of sp³-hybridized carbons (Fsp3) is 0.455. The molecule has 0 N–H and O–H groups in total. The fourth-order valence-electron chi connectivity index (χ4n) is 4.97. The fourth-order valence-corrected chi connectivity index (χ4v) is 4.97. The van der Waals surface area contributed by atoms with E-state index in [1.165, 1.54) is 12.8 Å². The number of imidazole rings is 1. The van der Waals surface area contributed by atoms with E-state index < -0.39 is 0 Å². The molecule has 2 fully saturated rings. The summed E-state index contributed by atoms with van der Waals surface area (Å²) in [5, 5.41) is 4.24. The molecule has 1 saturated heterocycles. The third kappa shape index (κ3) is 2.74. The summed E-state index contributed by atoms with van der Waals surface area (Å²) >= 11 is 0. The first-order chi connectivity index (χ1) is 14.8. The smallest absolute Gasteiger partial charge is 0.324 e. The molecule has 2 aliphatic heterocycles. The van der Waals surface area contributed by atoms with Crippen molar-refractivity contribution in [2.45, 2.75) is 51.0 Å². The maximum atomic E-state index is 13.3. The van der Waals surface area contributed by atoms with Gasteiger partial charge in [0.2, 0.25) is 11.7 Å². The number of carbonyl (C=O) groups is 1. The minimum atomic E-state index is 0.0538. The van der Waals surface area contributed by atoms with Crippen LogP contribution < -0.4 is 4.90 Å². The standard InChI is InChI=1S/C22H24N6O2/c29-22(26-11-5-6-12-26)27-13-18-19(20-24-21(30-25-20)15-7-1-2-8-15)23-14-28(18)17-10-4-3-9-16(17)27/h3-4,9-10,14-15H,1-2,5-8,11-13H2. The van der Waals surface area contributed by atoms with Crippen LogP contribution in [0.2, 0.25) is 0 Å². The van der Waals surface area contributed by atoms with Crippen molar-refractivity contribution < 1.29 is 9.32 Å². The van der Waals surface area contributed by atoms with E-state index >= 15 is 0 Å². The highest BCUT2D eigenvalue weighted by molar-refractivity contribution is 5.95. The molecule has 154 valence electrons. The highest BCUT2D eigenvalue weighted by Crippen LogP contribution is 2.38. The molecule has 8 nitrogen and oxygen atoms in total. The van der Waals surface area contributed by atoms with Crippen LogP contribution in [0.25, 0.3) is 17.2 Å². The van der Waals surface area contributed by atoms with Crippen molar-refractivity contribution in [2.24, 2.45) is 0 Å². The number of anilines is 1. The van der Waals surface area contributed by atoms with Gasteiger partial charge >= 0.3 is 6.03 Å². The van der Waals surface area contributed by atoms with Gasteiger partial charge < -0.3 is 9.42 Å². The first-order valence-corrected chi connectivity index (χ1v) is 10.9. The van der Waals surface area contributed by atoms with Crippen molar-refractivity contribution in [3.05, 3.63) is 42.2 Å². The molecule has 30 heavy (non-hydrogen) atoms. The molecule has 1 saturated carbocycles. The van der Waals surface area contributed by atoms with Crippen LogP contribution in [0, 0.1) is 0 Å². The van der Waals surface area contributed by atoms with Crippen molar-refractivity contribution in [1.29, 1.82) is 0 Å². The molecule has 1 aliphatic carbocycles. The molecule has 0 bridgehead atoms. The number of hydrogen-bond donors (Lipinski definition) is 0. The molecule has 1 aromatic carbocycles. The second kappa shape index (κ2) is 6.97. The molecule has 0 atom stereocenters. The van der Waals surface area contributed by atoms with Crippen molar-refractivity contribution in [1.82, 2.24) is 24.6 Å². The maximum Gasteiger partial charge on any atom is 0.324 e. The van der Waals surface area contributed by atoms with Gasteiger partial charge in [-0.2, -0.15) is 4.98 Å². The maximum absolute atomic E-state index is 13.3. The highest BCUT2D eigenvalue weighted by atomic mass is 16.5. The molecule has 8 heteroatoms. The van der Waals surface area contributed by atoms with Gasteiger partial charge in [0, 0.05) is 19.0 Å². The number of amides is 2. The van der Waals surface area contributed by atoms with Crippen molar-refractivity contribution >= 4 is 11.7 Å². The topological polar surface area (TPSA) is 80.3 Å². The average Bonchev–Trinajstić information content (AvgIpc) is 3.57. The third-order valence-corrected chi connectivity index (χ3v) is 6.57. The number of fused-ring (bicyclic) bond motifs is 3. The predicted molar refractivity (Wildman–Crippen MR) is 110 cm³/mol. The van der Waals surface area contributed by atoms with E-state index in [0.29, 0.717) is 29.9 Å². The molecule has 2 amide bonds. The second-order valence-corrected chi connectivity index (χ2v) is 8.40. The average molecular weight is 404 g/mol. The number of urea groups is 1. The minimum Gasteiger partial charge on any atom is -0.339 e. The lowest BCUT2D eigenvalue weighted by molar-refractivity contribution is 0.214. The van der Waals surface area contributed by atoms with Crippen molar-refractivity contribution in [2.75, 3.05) is 18.0 Å². The number of aromatic nitrogens is 4. The lowest BCUT2D eigenvalue weighted by Crippen LogP contribution is -2.43. The van der Waals surface area contributed by atoms with Gasteiger partial charge in [0.05, 0.1) is 23.6 Å². The van der Waals surface area contributed by atoms with E-state index in [2.05, 4.69) is 15.1 Å². The van der Waals surface area contributed by atoms with E-state index in [4.69, 9.17) is 4.52 Å². The van der Waals surface area contributed by atoms with Crippen LogP contribution >= 0.6 is 0 Å². The number of benzene rings is 1. The highest BCUT2D eigenvalue weighted by Gasteiger charge is 2.34. The van der Waals surface area contributed by atoms with Crippen LogP contribution in [0.3, 0.4) is 0 Å². The van der Waals surface area contributed by atoms with Gasteiger partial charge in [-0.15, -0.1) is 0 Å². The quantitative estimate of drug-likeness (QED) is 0.642. The normalized spacial score (nSPS) is 18.7. The first kappa shape index (κ1) is 17.7. The molecule has 4 heterocycles. The summed E-state index contributed by atoms with van der Waals surface area (Å²) in [4.78, 5) is 26.4. The second-order valence-electron chi connectivity index (χ2n) is 8.40. The lowest BCUT2D eigenvalue weighted by Gasteiger charge is -2.33. The number of para-hydroxylation sites is 2. The van der Waals surface area contributed by atoms with Crippen LogP contribution in [0.15, 0.2) is 35.1 Å². The van der Waals surface area contributed by atoms with Gasteiger partial charge in [0.1, 0.15) is 12.0 Å². The van der Waals surface area contributed by atoms with Crippen LogP contribution in [0.4, 0.5) is 10.5 Å². The zero-order chi connectivity index (χ0) is 20.1. The molecular formula is C22H24N6O2. The summed E-state index contributed by atoms with van der Waals surface area (Å²) in [6, 6.07) is 8.03. The molecule has 0 radical (unpaired) electrons. The van der Waals surface area contributed by atoms with Gasteiger partial charge in [-0.3, -0.25) is 9.47 Å². The SMILES string of the molecule is O=C(N1CCCC1)N1Cc2c(-c3noc(C4CCCC4)n3)ncn2-c2ccccc21. The summed E-state index contributed by atoms with van der Waals surface area (Å²) in [6.07, 6.45) is 8.57. The summed E-state index contributed by atoms with van der Waals surface area (Å²) in [5.74, 6) is 1.59. The summed E-state index contributed by atoms with van der Waals surface area (Å²) < 4.78 is 7.63. The van der Waals surface area contributed by atoms with Crippen LogP contribution in [0.5, 0.6) is 0 Å². The molecule has 0 unspecified atom stereocenters. The van der Waals surface area contributed by atoms with Gasteiger partial charge in [-0.25, -0.2) is 9.78 Å². The largest absolute Gasteiger partial charge is 0.339 e. The summed E-state index contributed by atoms with van der Waals surface area (Å²) in [7, 11) is 0. The number of carbonyl (C=O) groups excluding carboxylic acids is 1. The number of hydrogen-bond acceptors (Lipinski definition) is 5. The minimum absolute atomic E-state index is 0.0538. The zero-order valence-corrected chi connectivity index (χ0v) is 16.8. The van der Waals surface area contributed by atoms with E-state index in [-0.39, 0.29) is 6.03 Å². The lowest BCUT2D eigenvalue weighted by atomic mass is 10.1. The third-order valence-electron chi connectivity index (χ3n) is 6.57. The molecule has 3 aliphatic rings. The Hall–Kier alpha value is -3.16. The predicted octanol–water partition coefficient (Wildman–Crippen LogP) is 4.12. The molecular weight excluding hydrogens is 380 g/mol. The summed E-state index contributed by atoms with van der Waals surface area (Å²) in [5.41, 5.74) is 3.46. The molecule has 6 rings (SSSR count). The van der Waals surface area contributed by atoms with Gasteiger partial charge in [-0.05, 0) is 37.8 Å². The van der Waals surface area contributed by atoms with Crippen molar-refractivity contribution in [3.8, 4) is 17.2 Å². The Morgan fingerprint density at radius 2 is 1.80 bits per heavy atom. The Bertz CT molecular complexity index is 1090. The monoisotopic (exact) mass is 404 g/mol. The number of rotatable bonds is 2. The van der Waals surface area contributed by atoms with E-state index in [1.54, 1.807) is 6.33 Å². The van der Waals surface area contributed by atoms with E-state index in [1.807, 2.05) is 38.6 Å². The van der Waals surface area contributed by atoms with Gasteiger partial charge in [0.25, 0.3) is 0 Å². The zero-order valence-electron chi connectivity index (χ0n) is 16.8. The van der Waals surface area contributed by atoms with Gasteiger partial charge in [-0.1, -0.05) is 30.1 Å². The Balaban J connectivity index is 1.39. The van der Waals surface area contributed by atoms with Crippen LogP contribution in [0.1, 0.15) is 56.0 Å².